The Morgan fingerprint density at radius 1 is 1.12 bits per heavy atom. The van der Waals surface area contributed by atoms with Gasteiger partial charge in [0.05, 0.1) is 15.1 Å². The predicted octanol–water partition coefficient (Wildman–Crippen LogP) is 4.69. The van der Waals surface area contributed by atoms with Crippen LogP contribution in [0.2, 0.25) is 0 Å². The van der Waals surface area contributed by atoms with Crippen molar-refractivity contribution in [1.29, 1.82) is 0 Å². The van der Waals surface area contributed by atoms with Gasteiger partial charge in [-0.1, -0.05) is 42.9 Å². The van der Waals surface area contributed by atoms with Crippen LogP contribution in [0.4, 0.5) is 0 Å². The number of rotatable bonds is 10. The number of hydrogen-bond acceptors (Lipinski definition) is 4. The molecular weight excluding hydrogens is 454 g/mol. The summed E-state index contributed by atoms with van der Waals surface area (Å²) in [6, 6.07) is 12.2. The van der Waals surface area contributed by atoms with Gasteiger partial charge in [-0.05, 0) is 54.8 Å². The minimum Gasteiger partial charge on any atom is -0.319 e. The molecule has 0 bridgehead atoms. The predicted molar refractivity (Wildman–Crippen MR) is 135 cm³/mol. The number of benzene rings is 2. The third kappa shape index (κ3) is 5.58. The molecule has 1 aromatic heterocycles. The molecule has 0 aliphatic rings. The SMILES string of the molecule is C=CCN(CC=C)S(=O)(=O)c1ccc(C(=O)N=c2sc3cc(CCCC)ccc3n2C)cc1. The molecule has 3 aromatic rings. The van der Waals surface area contributed by atoms with E-state index in [2.05, 4.69) is 43.3 Å². The van der Waals surface area contributed by atoms with Gasteiger partial charge >= 0.3 is 0 Å². The number of fused-ring (bicyclic) bond motifs is 1. The summed E-state index contributed by atoms with van der Waals surface area (Å²) in [4.78, 5) is 17.8. The van der Waals surface area contributed by atoms with Crippen molar-refractivity contribution >= 4 is 37.5 Å². The molecular formula is C25H29N3O3S2. The molecule has 0 N–H and O–H groups in total. The van der Waals surface area contributed by atoms with Gasteiger partial charge in [0.2, 0.25) is 10.0 Å². The van der Waals surface area contributed by atoms with Crippen LogP contribution in [0.1, 0.15) is 35.7 Å². The second kappa shape index (κ2) is 10.9. The molecule has 0 spiro atoms. The average molecular weight is 484 g/mol. The van der Waals surface area contributed by atoms with Crippen LogP contribution in [0.3, 0.4) is 0 Å². The molecule has 1 amide bonds. The van der Waals surface area contributed by atoms with Crippen molar-refractivity contribution in [3.8, 4) is 0 Å². The van der Waals surface area contributed by atoms with E-state index < -0.39 is 15.9 Å². The Morgan fingerprint density at radius 2 is 1.79 bits per heavy atom. The number of hydrogen-bond donors (Lipinski definition) is 0. The maximum atomic E-state index is 12.8. The van der Waals surface area contributed by atoms with E-state index in [0.29, 0.717) is 10.4 Å². The lowest BCUT2D eigenvalue weighted by Crippen LogP contribution is -2.31. The normalized spacial score (nSPS) is 12.4. The highest BCUT2D eigenvalue weighted by molar-refractivity contribution is 7.89. The lowest BCUT2D eigenvalue weighted by Gasteiger charge is -2.19. The number of carbonyl (C=O) groups excluding carboxylic acids is 1. The molecule has 3 rings (SSSR count). The van der Waals surface area contributed by atoms with Crippen LogP contribution in [0.5, 0.6) is 0 Å². The van der Waals surface area contributed by atoms with Gasteiger partial charge in [0, 0.05) is 25.7 Å². The number of aromatic nitrogens is 1. The first kappa shape index (κ1) is 24.8. The van der Waals surface area contributed by atoms with E-state index in [-0.39, 0.29) is 18.0 Å². The van der Waals surface area contributed by atoms with Crippen LogP contribution in [0.15, 0.2) is 77.7 Å². The maximum absolute atomic E-state index is 12.8. The fraction of sp³-hybridized carbons (Fsp3) is 0.280. The summed E-state index contributed by atoms with van der Waals surface area (Å²) in [5, 5.41) is 0. The summed E-state index contributed by atoms with van der Waals surface area (Å²) in [5.74, 6) is -0.415. The Kier molecular flexibility index (Phi) is 8.18. The minimum absolute atomic E-state index is 0.106. The molecule has 0 aliphatic heterocycles. The summed E-state index contributed by atoms with van der Waals surface area (Å²) < 4.78 is 29.9. The lowest BCUT2D eigenvalue weighted by molar-refractivity contribution is 0.0998. The summed E-state index contributed by atoms with van der Waals surface area (Å²) >= 11 is 1.47. The summed E-state index contributed by atoms with van der Waals surface area (Å²) in [7, 11) is -1.83. The molecule has 174 valence electrons. The second-order valence-corrected chi connectivity index (χ2v) is 10.6. The lowest BCUT2D eigenvalue weighted by atomic mass is 10.1. The van der Waals surface area contributed by atoms with Crippen LogP contribution >= 0.6 is 11.3 Å². The third-order valence-corrected chi connectivity index (χ3v) is 8.23. The number of sulfonamides is 1. The molecule has 0 radical (unpaired) electrons. The van der Waals surface area contributed by atoms with Crippen molar-refractivity contribution in [3.05, 3.63) is 83.7 Å². The Balaban J connectivity index is 1.88. The van der Waals surface area contributed by atoms with E-state index in [0.717, 1.165) is 29.5 Å². The van der Waals surface area contributed by atoms with Gasteiger partial charge in [-0.3, -0.25) is 4.79 Å². The zero-order valence-corrected chi connectivity index (χ0v) is 20.7. The molecule has 8 heteroatoms. The van der Waals surface area contributed by atoms with Gasteiger partial charge in [-0.2, -0.15) is 9.30 Å². The van der Waals surface area contributed by atoms with Crippen LogP contribution in [0, 0.1) is 0 Å². The molecule has 33 heavy (non-hydrogen) atoms. The quantitative estimate of drug-likeness (QED) is 0.393. The summed E-state index contributed by atoms with van der Waals surface area (Å²) in [6.07, 6.45) is 6.37. The van der Waals surface area contributed by atoms with E-state index in [9.17, 15) is 13.2 Å². The molecule has 0 saturated carbocycles. The van der Waals surface area contributed by atoms with Crippen molar-refractivity contribution in [2.75, 3.05) is 13.1 Å². The average Bonchev–Trinajstić information content (AvgIpc) is 3.12. The number of carbonyl (C=O) groups is 1. The van der Waals surface area contributed by atoms with Gasteiger partial charge < -0.3 is 4.57 Å². The maximum Gasteiger partial charge on any atom is 0.279 e. The molecule has 6 nitrogen and oxygen atoms in total. The number of thiazole rings is 1. The molecule has 0 unspecified atom stereocenters. The second-order valence-electron chi connectivity index (χ2n) is 7.69. The van der Waals surface area contributed by atoms with Gasteiger partial charge in [-0.25, -0.2) is 8.42 Å². The fourth-order valence-corrected chi connectivity index (χ4v) is 5.91. The Morgan fingerprint density at radius 3 is 2.39 bits per heavy atom. The van der Waals surface area contributed by atoms with E-state index in [4.69, 9.17) is 0 Å². The smallest absolute Gasteiger partial charge is 0.279 e. The molecule has 1 heterocycles. The van der Waals surface area contributed by atoms with E-state index in [1.165, 1.54) is 57.6 Å². The number of aryl methyl sites for hydroxylation is 2. The molecule has 2 aromatic carbocycles. The van der Waals surface area contributed by atoms with Gasteiger partial charge in [-0.15, -0.1) is 13.2 Å². The first-order valence-electron chi connectivity index (χ1n) is 10.8. The van der Waals surface area contributed by atoms with Crippen molar-refractivity contribution in [3.63, 3.8) is 0 Å². The van der Waals surface area contributed by atoms with Crippen LogP contribution < -0.4 is 4.80 Å². The number of amides is 1. The Bertz CT molecular complexity index is 1320. The monoisotopic (exact) mass is 483 g/mol. The number of nitrogens with zero attached hydrogens (tertiary/aromatic N) is 3. The van der Waals surface area contributed by atoms with E-state index >= 15 is 0 Å². The highest BCUT2D eigenvalue weighted by atomic mass is 32.2. The number of unbranched alkanes of at least 4 members (excludes halogenated alkanes) is 1. The topological polar surface area (TPSA) is 71.7 Å². The zero-order valence-electron chi connectivity index (χ0n) is 19.0. The summed E-state index contributed by atoms with van der Waals surface area (Å²) in [6.45, 7) is 9.74. The third-order valence-electron chi connectivity index (χ3n) is 5.29. The van der Waals surface area contributed by atoms with Crippen LogP contribution in [-0.4, -0.2) is 36.3 Å². The van der Waals surface area contributed by atoms with Gasteiger partial charge in [0.1, 0.15) is 0 Å². The van der Waals surface area contributed by atoms with Gasteiger partial charge in [0.15, 0.2) is 4.80 Å². The minimum atomic E-state index is -3.71. The van der Waals surface area contributed by atoms with Crippen molar-refractivity contribution in [2.24, 2.45) is 12.0 Å². The fourth-order valence-electron chi connectivity index (χ4n) is 3.45. The van der Waals surface area contributed by atoms with Crippen LogP contribution in [0.25, 0.3) is 10.2 Å². The highest BCUT2D eigenvalue weighted by Gasteiger charge is 2.22. The molecule has 0 fully saturated rings. The molecule has 0 aliphatic carbocycles. The van der Waals surface area contributed by atoms with Crippen LogP contribution in [-0.2, 0) is 23.5 Å². The zero-order chi connectivity index (χ0) is 24.0. The van der Waals surface area contributed by atoms with E-state index in [1.807, 2.05) is 11.6 Å². The highest BCUT2D eigenvalue weighted by Crippen LogP contribution is 2.20. The van der Waals surface area contributed by atoms with Gasteiger partial charge in [0.25, 0.3) is 5.91 Å². The molecule has 0 saturated heterocycles. The summed E-state index contributed by atoms with van der Waals surface area (Å²) in [5.41, 5.74) is 2.63. The first-order valence-corrected chi connectivity index (χ1v) is 13.1. The standard InChI is InChI=1S/C25H29N3O3S2/c1-5-8-9-19-10-15-22-23(18-19)32-25(27(22)4)26-24(29)20-11-13-21(14-12-20)33(30,31)28(16-6-2)17-7-3/h6-7,10-15,18H,2-3,5,8-9,16-17H2,1,4H3. The Labute approximate surface area is 199 Å². The van der Waals surface area contributed by atoms with Crippen molar-refractivity contribution in [1.82, 2.24) is 8.87 Å². The Hall–Kier alpha value is -2.81. The van der Waals surface area contributed by atoms with Crippen molar-refractivity contribution < 1.29 is 13.2 Å². The van der Waals surface area contributed by atoms with Crippen molar-refractivity contribution in [2.45, 2.75) is 31.1 Å². The van der Waals surface area contributed by atoms with E-state index in [1.54, 1.807) is 0 Å². The first-order chi connectivity index (χ1) is 15.8. The largest absolute Gasteiger partial charge is 0.319 e. The molecule has 0 atom stereocenters.